The van der Waals surface area contributed by atoms with Gasteiger partial charge in [0.15, 0.2) is 6.61 Å². The summed E-state index contributed by atoms with van der Waals surface area (Å²) in [5, 5.41) is 2.77. The number of carbonyl (C=O) groups excluding carboxylic acids is 1. The molecule has 0 aliphatic heterocycles. The molecule has 0 aliphatic rings. The summed E-state index contributed by atoms with van der Waals surface area (Å²) in [5.41, 5.74) is 0.626. The highest BCUT2D eigenvalue weighted by atomic mass is 16.5. The van der Waals surface area contributed by atoms with Gasteiger partial charge in [0.05, 0.1) is 0 Å². The minimum atomic E-state index is -0.273. The molecule has 1 heterocycles. The lowest BCUT2D eigenvalue weighted by atomic mass is 10.3. The summed E-state index contributed by atoms with van der Waals surface area (Å²) in [7, 11) is 0. The SMILES string of the molecule is O=C(COc1ccc(Oc2ccccc2)cc1)Nc1ccc(Oc2ncccn2)cc1. The standard InChI is InChI=1S/C24H19N3O4/c28-23(27-18-7-9-22(10-8-18)31-24-25-15-4-16-26-24)17-29-19-11-13-21(14-12-19)30-20-5-2-1-3-6-20/h1-16H,17H2,(H,27,28). The number of carbonyl (C=O) groups is 1. The number of nitrogens with one attached hydrogen (secondary N) is 1. The Bertz CT molecular complexity index is 1100. The quantitative estimate of drug-likeness (QED) is 0.434. The summed E-state index contributed by atoms with van der Waals surface area (Å²) in [6.45, 7) is -0.116. The molecule has 0 saturated carbocycles. The summed E-state index contributed by atoms with van der Waals surface area (Å²) in [6.07, 6.45) is 3.20. The van der Waals surface area contributed by atoms with Crippen molar-refractivity contribution in [2.24, 2.45) is 0 Å². The monoisotopic (exact) mass is 413 g/mol. The maximum Gasteiger partial charge on any atom is 0.321 e. The van der Waals surface area contributed by atoms with Crippen molar-refractivity contribution >= 4 is 11.6 Å². The lowest BCUT2D eigenvalue weighted by molar-refractivity contribution is -0.118. The molecular weight excluding hydrogens is 394 g/mol. The van der Waals surface area contributed by atoms with Crippen molar-refractivity contribution in [3.8, 4) is 29.0 Å². The highest BCUT2D eigenvalue weighted by Crippen LogP contribution is 2.24. The van der Waals surface area contributed by atoms with Gasteiger partial charge in [-0.3, -0.25) is 4.79 Å². The van der Waals surface area contributed by atoms with E-state index in [0.29, 0.717) is 22.9 Å². The molecule has 0 radical (unpaired) electrons. The lowest BCUT2D eigenvalue weighted by Gasteiger charge is -2.09. The molecule has 4 aromatic rings. The first-order chi connectivity index (χ1) is 15.2. The summed E-state index contributed by atoms with van der Waals surface area (Å²) in [5.74, 6) is 2.31. The molecule has 7 nitrogen and oxygen atoms in total. The average molecular weight is 413 g/mol. The van der Waals surface area contributed by atoms with Crippen LogP contribution in [-0.2, 0) is 4.79 Å². The van der Waals surface area contributed by atoms with Crippen LogP contribution in [0.2, 0.25) is 0 Å². The van der Waals surface area contributed by atoms with Crippen LogP contribution in [0, 0.1) is 0 Å². The van der Waals surface area contributed by atoms with Crippen LogP contribution in [-0.4, -0.2) is 22.5 Å². The van der Waals surface area contributed by atoms with E-state index in [1.54, 1.807) is 67.0 Å². The zero-order valence-corrected chi connectivity index (χ0v) is 16.5. The van der Waals surface area contributed by atoms with Crippen molar-refractivity contribution in [2.75, 3.05) is 11.9 Å². The van der Waals surface area contributed by atoms with Gasteiger partial charge in [-0.1, -0.05) is 18.2 Å². The van der Waals surface area contributed by atoms with Gasteiger partial charge in [0.2, 0.25) is 0 Å². The number of hydrogen-bond acceptors (Lipinski definition) is 6. The Morgan fingerprint density at radius 1 is 0.677 bits per heavy atom. The molecule has 1 N–H and O–H groups in total. The molecular formula is C24H19N3O4. The largest absolute Gasteiger partial charge is 0.484 e. The van der Waals surface area contributed by atoms with Crippen molar-refractivity contribution in [3.05, 3.63) is 97.3 Å². The molecule has 31 heavy (non-hydrogen) atoms. The first kappa shape index (κ1) is 19.9. The molecule has 0 fully saturated rings. The molecule has 0 unspecified atom stereocenters. The highest BCUT2D eigenvalue weighted by Gasteiger charge is 2.06. The number of para-hydroxylation sites is 1. The second-order valence-corrected chi connectivity index (χ2v) is 6.38. The number of anilines is 1. The Balaban J connectivity index is 1.24. The third-order valence-corrected chi connectivity index (χ3v) is 4.06. The van der Waals surface area contributed by atoms with E-state index in [9.17, 15) is 4.79 Å². The van der Waals surface area contributed by atoms with Gasteiger partial charge in [0.25, 0.3) is 5.91 Å². The summed E-state index contributed by atoms with van der Waals surface area (Å²) >= 11 is 0. The summed E-state index contributed by atoms with van der Waals surface area (Å²) in [6, 6.07) is 25.4. The van der Waals surface area contributed by atoms with E-state index in [2.05, 4.69) is 15.3 Å². The molecule has 3 aromatic carbocycles. The van der Waals surface area contributed by atoms with Crippen LogP contribution >= 0.6 is 0 Å². The van der Waals surface area contributed by atoms with Gasteiger partial charge in [-0.15, -0.1) is 0 Å². The molecule has 0 spiro atoms. The predicted molar refractivity (Wildman–Crippen MR) is 116 cm³/mol. The van der Waals surface area contributed by atoms with Gasteiger partial charge < -0.3 is 19.5 Å². The minimum absolute atomic E-state index is 0.116. The van der Waals surface area contributed by atoms with Crippen LogP contribution in [0.25, 0.3) is 0 Å². The van der Waals surface area contributed by atoms with E-state index in [0.717, 1.165) is 5.75 Å². The molecule has 7 heteroatoms. The Kier molecular flexibility index (Phi) is 6.35. The molecule has 0 bridgehead atoms. The number of ether oxygens (including phenoxy) is 3. The van der Waals surface area contributed by atoms with Crippen molar-refractivity contribution in [3.63, 3.8) is 0 Å². The highest BCUT2D eigenvalue weighted by molar-refractivity contribution is 5.91. The first-order valence-electron chi connectivity index (χ1n) is 9.55. The Hall–Kier alpha value is -4.39. The van der Waals surface area contributed by atoms with E-state index >= 15 is 0 Å². The Labute approximate surface area is 179 Å². The average Bonchev–Trinajstić information content (AvgIpc) is 2.81. The summed E-state index contributed by atoms with van der Waals surface area (Å²) in [4.78, 5) is 20.2. The smallest absolute Gasteiger partial charge is 0.321 e. The maximum atomic E-state index is 12.2. The normalized spacial score (nSPS) is 10.2. The molecule has 0 aliphatic carbocycles. The number of hydrogen-bond donors (Lipinski definition) is 1. The van der Waals surface area contributed by atoms with Crippen molar-refractivity contribution < 1.29 is 19.0 Å². The van der Waals surface area contributed by atoms with Gasteiger partial charge in [-0.2, -0.15) is 0 Å². The second-order valence-electron chi connectivity index (χ2n) is 6.38. The molecule has 1 amide bonds. The number of amides is 1. The summed E-state index contributed by atoms with van der Waals surface area (Å²) < 4.78 is 16.8. The van der Waals surface area contributed by atoms with Crippen LogP contribution in [0.4, 0.5) is 5.69 Å². The van der Waals surface area contributed by atoms with Crippen LogP contribution < -0.4 is 19.5 Å². The fourth-order valence-electron chi connectivity index (χ4n) is 2.62. The third-order valence-electron chi connectivity index (χ3n) is 4.06. The molecule has 154 valence electrons. The zero-order chi connectivity index (χ0) is 21.3. The van der Waals surface area contributed by atoms with E-state index in [-0.39, 0.29) is 18.5 Å². The van der Waals surface area contributed by atoms with E-state index in [4.69, 9.17) is 14.2 Å². The maximum absolute atomic E-state index is 12.2. The first-order valence-corrected chi connectivity index (χ1v) is 9.55. The number of aromatic nitrogens is 2. The predicted octanol–water partition coefficient (Wildman–Crippen LogP) is 5.08. The number of benzene rings is 3. The van der Waals surface area contributed by atoms with Crippen LogP contribution in [0.1, 0.15) is 0 Å². The lowest BCUT2D eigenvalue weighted by Crippen LogP contribution is -2.20. The van der Waals surface area contributed by atoms with E-state index in [1.165, 1.54) is 0 Å². The zero-order valence-electron chi connectivity index (χ0n) is 16.5. The molecule has 0 atom stereocenters. The molecule has 1 aromatic heterocycles. The topological polar surface area (TPSA) is 82.6 Å². The van der Waals surface area contributed by atoms with Crippen molar-refractivity contribution in [1.29, 1.82) is 0 Å². The van der Waals surface area contributed by atoms with Gasteiger partial charge in [-0.05, 0) is 66.7 Å². The fraction of sp³-hybridized carbons (Fsp3) is 0.0417. The van der Waals surface area contributed by atoms with Gasteiger partial charge in [0.1, 0.15) is 23.0 Å². The van der Waals surface area contributed by atoms with Crippen molar-refractivity contribution in [2.45, 2.75) is 0 Å². The fourth-order valence-corrected chi connectivity index (χ4v) is 2.62. The van der Waals surface area contributed by atoms with Crippen LogP contribution in [0.15, 0.2) is 97.3 Å². The second kappa shape index (κ2) is 9.89. The van der Waals surface area contributed by atoms with E-state index in [1.807, 2.05) is 30.3 Å². The molecule has 4 rings (SSSR count). The number of rotatable bonds is 8. The van der Waals surface area contributed by atoms with Gasteiger partial charge in [-0.25, -0.2) is 9.97 Å². The third kappa shape index (κ3) is 6.04. The van der Waals surface area contributed by atoms with E-state index < -0.39 is 0 Å². The number of nitrogens with zero attached hydrogens (tertiary/aromatic N) is 2. The van der Waals surface area contributed by atoms with Crippen LogP contribution in [0.3, 0.4) is 0 Å². The van der Waals surface area contributed by atoms with Crippen LogP contribution in [0.5, 0.6) is 29.0 Å². The minimum Gasteiger partial charge on any atom is -0.484 e. The molecule has 0 saturated heterocycles. The Morgan fingerprint density at radius 2 is 1.26 bits per heavy atom. The van der Waals surface area contributed by atoms with Crippen molar-refractivity contribution in [1.82, 2.24) is 9.97 Å². The van der Waals surface area contributed by atoms with Gasteiger partial charge >= 0.3 is 6.01 Å². The Morgan fingerprint density at radius 3 is 1.97 bits per heavy atom. The van der Waals surface area contributed by atoms with Gasteiger partial charge in [0, 0.05) is 18.1 Å².